The molecule has 1 aromatic heterocycles. The van der Waals surface area contributed by atoms with Crippen LogP contribution in [0.1, 0.15) is 43.6 Å². The lowest BCUT2D eigenvalue weighted by Crippen LogP contribution is -2.55. The average Bonchev–Trinajstić information content (AvgIpc) is 3.43. The van der Waals surface area contributed by atoms with Crippen LogP contribution in [0.4, 0.5) is 0 Å². The smallest absolute Gasteiger partial charge is 0.317 e. The van der Waals surface area contributed by atoms with Crippen molar-refractivity contribution in [1.82, 2.24) is 15.2 Å². The van der Waals surface area contributed by atoms with E-state index in [-0.39, 0.29) is 24.4 Å². The quantitative estimate of drug-likeness (QED) is 0.750. The van der Waals surface area contributed by atoms with Crippen LogP contribution in [-0.4, -0.2) is 52.0 Å². The average molecular weight is 343 g/mol. The number of hydrogen-bond acceptors (Lipinski definition) is 4. The molecule has 1 heterocycles. The van der Waals surface area contributed by atoms with Crippen LogP contribution in [0, 0.1) is 11.8 Å². The summed E-state index contributed by atoms with van der Waals surface area (Å²) in [5, 5.41) is 12.3. The summed E-state index contributed by atoms with van der Waals surface area (Å²) in [5.41, 5.74) is 1.14. The minimum Gasteiger partial charge on any atom is -0.480 e. The molecule has 0 radical (unpaired) electrons. The third-order valence-corrected chi connectivity index (χ3v) is 5.74. The number of carbonyl (C=O) groups excluding carboxylic acids is 1. The van der Waals surface area contributed by atoms with Gasteiger partial charge in [-0.3, -0.25) is 19.5 Å². The number of aliphatic carboxylic acids is 1. The molecule has 25 heavy (non-hydrogen) atoms. The van der Waals surface area contributed by atoms with Crippen LogP contribution >= 0.6 is 0 Å². The zero-order chi connectivity index (χ0) is 17.4. The van der Waals surface area contributed by atoms with Crippen LogP contribution < -0.4 is 5.32 Å². The van der Waals surface area contributed by atoms with Gasteiger partial charge in [-0.25, -0.2) is 0 Å². The van der Waals surface area contributed by atoms with Crippen LogP contribution in [0.2, 0.25) is 0 Å². The molecule has 2 atom stereocenters. The van der Waals surface area contributed by atoms with Crippen LogP contribution in [-0.2, 0) is 9.59 Å². The van der Waals surface area contributed by atoms with Gasteiger partial charge >= 0.3 is 5.97 Å². The summed E-state index contributed by atoms with van der Waals surface area (Å²) in [6.45, 7) is 1.01. The Morgan fingerprint density at radius 1 is 1.28 bits per heavy atom. The molecule has 1 aromatic rings. The van der Waals surface area contributed by atoms with Crippen LogP contribution in [0.5, 0.6) is 0 Å². The maximum Gasteiger partial charge on any atom is 0.317 e. The van der Waals surface area contributed by atoms with Gasteiger partial charge in [-0.1, -0.05) is 6.07 Å². The molecule has 3 fully saturated rings. The maximum atomic E-state index is 12.4. The highest BCUT2D eigenvalue weighted by Crippen LogP contribution is 2.47. The first-order valence-electron chi connectivity index (χ1n) is 9.26. The van der Waals surface area contributed by atoms with Gasteiger partial charge in [0.15, 0.2) is 0 Å². The molecule has 1 amide bonds. The van der Waals surface area contributed by atoms with Gasteiger partial charge in [0.05, 0.1) is 6.54 Å². The van der Waals surface area contributed by atoms with Crippen molar-refractivity contribution in [3.8, 4) is 0 Å². The summed E-state index contributed by atoms with van der Waals surface area (Å²) >= 11 is 0. The number of carbonyl (C=O) groups is 2. The molecule has 0 spiro atoms. The van der Waals surface area contributed by atoms with Crippen LogP contribution in [0.3, 0.4) is 0 Å². The van der Waals surface area contributed by atoms with Gasteiger partial charge in [0.2, 0.25) is 5.91 Å². The molecular formula is C19H25N3O3. The molecule has 0 saturated heterocycles. The number of amides is 1. The monoisotopic (exact) mass is 343 g/mol. The molecule has 3 aliphatic carbocycles. The highest BCUT2D eigenvalue weighted by Gasteiger charge is 2.46. The van der Waals surface area contributed by atoms with E-state index >= 15 is 0 Å². The van der Waals surface area contributed by atoms with Gasteiger partial charge in [-0.15, -0.1) is 0 Å². The SMILES string of the molecule is O=C(O)CN(CC1CC1)C1CC(NC(=O)[C@H]2C[C@@H]2c2cccnc2)C1. The van der Waals surface area contributed by atoms with E-state index in [4.69, 9.17) is 5.11 Å². The summed E-state index contributed by atoms with van der Waals surface area (Å²) in [6.07, 6.45) is 8.69. The van der Waals surface area contributed by atoms with Crippen molar-refractivity contribution in [2.24, 2.45) is 11.8 Å². The Balaban J connectivity index is 1.22. The highest BCUT2D eigenvalue weighted by molar-refractivity contribution is 5.83. The van der Waals surface area contributed by atoms with Gasteiger partial charge in [0.1, 0.15) is 0 Å². The molecule has 2 N–H and O–H groups in total. The number of aromatic nitrogens is 1. The van der Waals surface area contributed by atoms with Crippen LogP contribution in [0.25, 0.3) is 0 Å². The van der Waals surface area contributed by atoms with Gasteiger partial charge < -0.3 is 10.4 Å². The van der Waals surface area contributed by atoms with Gasteiger partial charge in [-0.2, -0.15) is 0 Å². The first-order valence-corrected chi connectivity index (χ1v) is 9.26. The Kier molecular flexibility index (Phi) is 4.46. The second-order valence-corrected chi connectivity index (χ2v) is 7.83. The molecule has 0 bridgehead atoms. The number of nitrogens with one attached hydrogen (secondary N) is 1. The first kappa shape index (κ1) is 16.5. The lowest BCUT2D eigenvalue weighted by atomic mass is 9.85. The molecule has 4 rings (SSSR count). The number of carboxylic acids is 1. The van der Waals surface area contributed by atoms with Gasteiger partial charge in [0, 0.05) is 36.9 Å². The van der Waals surface area contributed by atoms with Crippen molar-refractivity contribution in [3.63, 3.8) is 0 Å². The summed E-state index contributed by atoms with van der Waals surface area (Å²) in [5.74, 6) is 0.446. The number of hydrogen-bond donors (Lipinski definition) is 2. The molecule has 0 aliphatic heterocycles. The van der Waals surface area contributed by atoms with Crippen molar-refractivity contribution >= 4 is 11.9 Å². The fourth-order valence-corrected chi connectivity index (χ4v) is 3.91. The van der Waals surface area contributed by atoms with Crippen molar-refractivity contribution < 1.29 is 14.7 Å². The molecule has 134 valence electrons. The summed E-state index contributed by atoms with van der Waals surface area (Å²) in [4.78, 5) is 29.7. The van der Waals surface area contributed by atoms with E-state index in [0.717, 1.165) is 31.4 Å². The number of nitrogens with zero attached hydrogens (tertiary/aromatic N) is 2. The van der Waals surface area contributed by atoms with E-state index in [1.54, 1.807) is 6.20 Å². The van der Waals surface area contributed by atoms with E-state index < -0.39 is 5.97 Å². The summed E-state index contributed by atoms with van der Waals surface area (Å²) < 4.78 is 0. The largest absolute Gasteiger partial charge is 0.480 e. The molecule has 0 aromatic carbocycles. The zero-order valence-electron chi connectivity index (χ0n) is 14.3. The molecule has 3 aliphatic rings. The normalized spacial score (nSPS) is 30.6. The lowest BCUT2D eigenvalue weighted by Gasteiger charge is -2.42. The van der Waals surface area contributed by atoms with Gasteiger partial charge in [-0.05, 0) is 55.6 Å². The minimum absolute atomic E-state index is 0.0739. The first-order chi connectivity index (χ1) is 12.1. The highest BCUT2D eigenvalue weighted by atomic mass is 16.4. The third kappa shape index (κ3) is 4.00. The molecule has 6 nitrogen and oxygen atoms in total. The second-order valence-electron chi connectivity index (χ2n) is 7.83. The number of rotatable bonds is 8. The van der Waals surface area contributed by atoms with E-state index in [9.17, 15) is 9.59 Å². The molecule has 6 heteroatoms. The fourth-order valence-electron chi connectivity index (χ4n) is 3.91. The van der Waals surface area contributed by atoms with E-state index in [1.165, 1.54) is 12.8 Å². The van der Waals surface area contributed by atoms with Crippen LogP contribution in [0.15, 0.2) is 24.5 Å². The topological polar surface area (TPSA) is 82.5 Å². The van der Waals surface area contributed by atoms with Crippen molar-refractivity contribution in [2.75, 3.05) is 13.1 Å². The summed E-state index contributed by atoms with van der Waals surface area (Å²) in [6, 6.07) is 4.45. The Labute approximate surface area is 147 Å². The summed E-state index contributed by atoms with van der Waals surface area (Å²) in [7, 11) is 0. The molecule has 3 saturated carbocycles. The van der Waals surface area contributed by atoms with E-state index in [2.05, 4.69) is 15.2 Å². The second kappa shape index (κ2) is 6.75. The third-order valence-electron chi connectivity index (χ3n) is 5.74. The fraction of sp³-hybridized carbons (Fsp3) is 0.632. The standard InChI is InChI=1S/C19H25N3O3/c23-18(24)11-22(10-12-3-4-12)15-6-14(7-15)21-19(25)17-8-16(17)13-2-1-5-20-9-13/h1-2,5,9,12,14-17H,3-4,6-8,10-11H2,(H,21,25)(H,23,24)/t14?,15?,16-,17+/m1/s1. The number of carboxylic acid groups (broad SMARTS) is 1. The molecule has 0 unspecified atom stereocenters. The van der Waals surface area contributed by atoms with E-state index in [0.29, 0.717) is 17.9 Å². The van der Waals surface area contributed by atoms with Gasteiger partial charge in [0.25, 0.3) is 0 Å². The number of pyridine rings is 1. The zero-order valence-corrected chi connectivity index (χ0v) is 14.3. The predicted octanol–water partition coefficient (Wildman–Crippen LogP) is 1.63. The Hall–Kier alpha value is -1.95. The Bertz CT molecular complexity index is 641. The van der Waals surface area contributed by atoms with Crippen molar-refractivity contribution in [3.05, 3.63) is 30.1 Å². The van der Waals surface area contributed by atoms with Crippen molar-refractivity contribution in [1.29, 1.82) is 0 Å². The van der Waals surface area contributed by atoms with E-state index in [1.807, 2.05) is 18.3 Å². The Morgan fingerprint density at radius 3 is 2.72 bits per heavy atom. The predicted molar refractivity (Wildman–Crippen MR) is 92.0 cm³/mol. The molecular weight excluding hydrogens is 318 g/mol. The maximum absolute atomic E-state index is 12.4. The Morgan fingerprint density at radius 2 is 2.08 bits per heavy atom. The lowest BCUT2D eigenvalue weighted by molar-refractivity contribution is -0.140. The minimum atomic E-state index is -0.759. The van der Waals surface area contributed by atoms with Crippen molar-refractivity contribution in [2.45, 2.75) is 50.1 Å².